The molecule has 2 fully saturated rings. The van der Waals surface area contributed by atoms with Crippen molar-refractivity contribution in [1.29, 1.82) is 0 Å². The van der Waals surface area contributed by atoms with E-state index in [9.17, 15) is 8.42 Å². The van der Waals surface area contributed by atoms with Crippen LogP contribution in [0, 0.1) is 11.8 Å². The molecular formula is C8H13ClO2S. The SMILES string of the molecule is O=S(=O)(Cl)C1C[C@@H]2CCCC[C@H]12. The zero-order valence-electron chi connectivity index (χ0n) is 6.87. The van der Waals surface area contributed by atoms with E-state index in [-0.39, 0.29) is 5.25 Å². The highest BCUT2D eigenvalue weighted by atomic mass is 35.7. The van der Waals surface area contributed by atoms with Gasteiger partial charge >= 0.3 is 0 Å². The summed E-state index contributed by atoms with van der Waals surface area (Å²) in [6, 6.07) is 0. The summed E-state index contributed by atoms with van der Waals surface area (Å²) in [5, 5.41) is -0.218. The molecule has 0 spiro atoms. The Bertz CT molecular complexity index is 273. The molecule has 2 aliphatic carbocycles. The number of hydrogen-bond acceptors (Lipinski definition) is 2. The van der Waals surface area contributed by atoms with E-state index in [0.29, 0.717) is 11.8 Å². The Balaban J connectivity index is 2.06. The van der Waals surface area contributed by atoms with Crippen LogP contribution in [0.4, 0.5) is 0 Å². The molecule has 4 heteroatoms. The Morgan fingerprint density at radius 2 is 1.83 bits per heavy atom. The molecule has 0 saturated heterocycles. The van der Waals surface area contributed by atoms with E-state index in [1.807, 2.05) is 0 Å². The van der Waals surface area contributed by atoms with Crippen LogP contribution in [-0.4, -0.2) is 13.7 Å². The Labute approximate surface area is 77.7 Å². The third-order valence-electron chi connectivity index (χ3n) is 3.34. The first-order chi connectivity index (χ1) is 5.59. The van der Waals surface area contributed by atoms with E-state index in [2.05, 4.69) is 0 Å². The fourth-order valence-electron chi connectivity index (χ4n) is 2.62. The van der Waals surface area contributed by atoms with Crippen LogP contribution >= 0.6 is 10.7 Å². The maximum atomic E-state index is 11.0. The van der Waals surface area contributed by atoms with Crippen molar-refractivity contribution in [3.05, 3.63) is 0 Å². The molecule has 2 rings (SSSR count). The van der Waals surface area contributed by atoms with Crippen LogP contribution in [0.1, 0.15) is 32.1 Å². The first kappa shape index (κ1) is 8.82. The van der Waals surface area contributed by atoms with Crippen molar-refractivity contribution in [3.63, 3.8) is 0 Å². The van der Waals surface area contributed by atoms with Gasteiger partial charge in [-0.3, -0.25) is 0 Å². The van der Waals surface area contributed by atoms with Gasteiger partial charge in [0, 0.05) is 10.7 Å². The summed E-state index contributed by atoms with van der Waals surface area (Å²) in [7, 11) is 2.06. The number of halogens is 1. The molecule has 3 atom stereocenters. The largest absolute Gasteiger partial charge is 0.235 e. The maximum Gasteiger partial charge on any atom is 0.235 e. The fraction of sp³-hybridized carbons (Fsp3) is 1.00. The number of fused-ring (bicyclic) bond motifs is 1. The van der Waals surface area contributed by atoms with Crippen molar-refractivity contribution < 1.29 is 8.42 Å². The van der Waals surface area contributed by atoms with E-state index in [0.717, 1.165) is 12.8 Å². The lowest BCUT2D eigenvalue weighted by molar-refractivity contribution is 0.121. The van der Waals surface area contributed by atoms with Crippen molar-refractivity contribution in [2.45, 2.75) is 37.4 Å². The van der Waals surface area contributed by atoms with Crippen LogP contribution in [0.15, 0.2) is 0 Å². The third-order valence-corrected chi connectivity index (χ3v) is 5.29. The average molecular weight is 209 g/mol. The lowest BCUT2D eigenvalue weighted by atomic mass is 9.65. The standard InChI is InChI=1S/C8H13ClO2S/c9-12(10,11)8-5-6-3-1-2-4-7(6)8/h6-8H,1-5H2/t6-,7-,8?/m0/s1. The van der Waals surface area contributed by atoms with Gasteiger partial charge in [-0.2, -0.15) is 0 Å². The normalized spacial score (nSPS) is 41.6. The summed E-state index contributed by atoms with van der Waals surface area (Å²) in [5.41, 5.74) is 0. The highest BCUT2D eigenvalue weighted by molar-refractivity contribution is 8.14. The molecule has 0 aromatic carbocycles. The molecule has 1 unspecified atom stereocenters. The lowest BCUT2D eigenvalue weighted by Gasteiger charge is -2.46. The van der Waals surface area contributed by atoms with Gasteiger partial charge in [-0.05, 0) is 24.7 Å². The second-order valence-electron chi connectivity index (χ2n) is 3.96. The van der Waals surface area contributed by atoms with Crippen LogP contribution in [0.2, 0.25) is 0 Å². The van der Waals surface area contributed by atoms with Crippen LogP contribution in [0.3, 0.4) is 0 Å². The molecular weight excluding hydrogens is 196 g/mol. The minimum atomic E-state index is -3.26. The molecule has 0 radical (unpaired) electrons. The van der Waals surface area contributed by atoms with E-state index >= 15 is 0 Å². The van der Waals surface area contributed by atoms with Gasteiger partial charge in [-0.1, -0.05) is 19.3 Å². The Morgan fingerprint density at radius 1 is 1.17 bits per heavy atom. The molecule has 0 N–H and O–H groups in total. The Hall–Kier alpha value is 0.240. The lowest BCUT2D eigenvalue weighted by Crippen LogP contribution is -2.46. The van der Waals surface area contributed by atoms with Crippen LogP contribution < -0.4 is 0 Å². The van der Waals surface area contributed by atoms with Gasteiger partial charge in [0.05, 0.1) is 5.25 Å². The Morgan fingerprint density at radius 3 is 2.42 bits per heavy atom. The smallest absolute Gasteiger partial charge is 0.212 e. The van der Waals surface area contributed by atoms with Crippen molar-refractivity contribution in [2.75, 3.05) is 0 Å². The highest BCUT2D eigenvalue weighted by Crippen LogP contribution is 2.48. The van der Waals surface area contributed by atoms with Gasteiger partial charge in [0.2, 0.25) is 9.05 Å². The first-order valence-electron chi connectivity index (χ1n) is 4.52. The van der Waals surface area contributed by atoms with E-state index in [4.69, 9.17) is 10.7 Å². The predicted octanol–water partition coefficient (Wildman–Crippen LogP) is 2.13. The molecule has 2 saturated carbocycles. The maximum absolute atomic E-state index is 11.0. The summed E-state index contributed by atoms with van der Waals surface area (Å²) in [6.45, 7) is 0. The van der Waals surface area contributed by atoms with Gasteiger partial charge in [0.1, 0.15) is 0 Å². The van der Waals surface area contributed by atoms with E-state index < -0.39 is 9.05 Å². The molecule has 2 aliphatic rings. The summed E-state index contributed by atoms with van der Waals surface area (Å²) in [6.07, 6.45) is 5.56. The molecule has 12 heavy (non-hydrogen) atoms. The second-order valence-corrected chi connectivity index (χ2v) is 6.81. The third kappa shape index (κ3) is 1.37. The zero-order chi connectivity index (χ0) is 8.77. The quantitative estimate of drug-likeness (QED) is 0.619. The monoisotopic (exact) mass is 208 g/mol. The molecule has 0 aromatic heterocycles. The molecule has 2 nitrogen and oxygen atoms in total. The number of hydrogen-bond donors (Lipinski definition) is 0. The topological polar surface area (TPSA) is 34.1 Å². The minimum absolute atomic E-state index is 0.218. The van der Waals surface area contributed by atoms with Crippen molar-refractivity contribution in [3.8, 4) is 0 Å². The highest BCUT2D eigenvalue weighted by Gasteiger charge is 2.47. The molecule has 0 amide bonds. The van der Waals surface area contributed by atoms with Gasteiger partial charge in [0.25, 0.3) is 0 Å². The predicted molar refractivity (Wildman–Crippen MR) is 48.6 cm³/mol. The van der Waals surface area contributed by atoms with Gasteiger partial charge in [-0.15, -0.1) is 0 Å². The molecule has 70 valence electrons. The summed E-state index contributed by atoms with van der Waals surface area (Å²) in [4.78, 5) is 0. The van der Waals surface area contributed by atoms with Crippen molar-refractivity contribution >= 4 is 19.7 Å². The van der Waals surface area contributed by atoms with E-state index in [1.165, 1.54) is 19.3 Å². The average Bonchev–Trinajstić information content (AvgIpc) is 1.88. The summed E-state index contributed by atoms with van der Waals surface area (Å²) >= 11 is 0. The van der Waals surface area contributed by atoms with Gasteiger partial charge in [0.15, 0.2) is 0 Å². The minimum Gasteiger partial charge on any atom is -0.212 e. The van der Waals surface area contributed by atoms with Crippen LogP contribution in [-0.2, 0) is 9.05 Å². The zero-order valence-corrected chi connectivity index (χ0v) is 8.44. The van der Waals surface area contributed by atoms with Gasteiger partial charge in [-0.25, -0.2) is 8.42 Å². The molecule has 0 aromatic rings. The van der Waals surface area contributed by atoms with Crippen molar-refractivity contribution in [1.82, 2.24) is 0 Å². The summed E-state index contributed by atoms with van der Waals surface area (Å²) < 4.78 is 22.1. The van der Waals surface area contributed by atoms with Crippen molar-refractivity contribution in [2.24, 2.45) is 11.8 Å². The molecule has 0 aliphatic heterocycles. The molecule has 0 bridgehead atoms. The second kappa shape index (κ2) is 2.88. The van der Waals surface area contributed by atoms with Crippen LogP contribution in [0.25, 0.3) is 0 Å². The van der Waals surface area contributed by atoms with Crippen LogP contribution in [0.5, 0.6) is 0 Å². The van der Waals surface area contributed by atoms with Gasteiger partial charge < -0.3 is 0 Å². The summed E-state index contributed by atoms with van der Waals surface area (Å²) in [5.74, 6) is 1.05. The molecule has 0 heterocycles. The Kier molecular flexibility index (Phi) is 2.11. The van der Waals surface area contributed by atoms with E-state index in [1.54, 1.807) is 0 Å². The fourth-order valence-corrected chi connectivity index (χ4v) is 4.49. The number of rotatable bonds is 1. The first-order valence-corrected chi connectivity index (χ1v) is 6.90.